The first-order valence-corrected chi connectivity index (χ1v) is 2.98. The molecule has 0 bridgehead atoms. The smallest absolute Gasteiger partial charge is 0.0999 e. The van der Waals surface area contributed by atoms with E-state index in [0.29, 0.717) is 0 Å². The maximum absolute atomic E-state index is 12.1. The number of hydrogen-bond donors (Lipinski definition) is 1. The monoisotopic (exact) mass is 136 g/mol. The minimum atomic E-state index is -0.901. The van der Waals surface area contributed by atoms with Gasteiger partial charge >= 0.3 is 0 Å². The molecule has 0 rings (SSSR count). The molecule has 3 heteroatoms. The molecule has 0 aliphatic rings. The summed E-state index contributed by atoms with van der Waals surface area (Å²) >= 11 is 0. The molecule has 56 valence electrons. The standard InChI is InChI=1S/C6H13FO2/c1-5(7)3-6(4-8)9-2/h5-6,8H,3-4H2,1-2H3. The second kappa shape index (κ2) is 4.70. The Morgan fingerprint density at radius 2 is 2.22 bits per heavy atom. The van der Waals surface area contributed by atoms with Crippen LogP contribution in [0.25, 0.3) is 0 Å². The first kappa shape index (κ1) is 8.85. The van der Waals surface area contributed by atoms with Crippen LogP contribution >= 0.6 is 0 Å². The normalized spacial score (nSPS) is 17.3. The molecule has 0 aliphatic carbocycles. The quantitative estimate of drug-likeness (QED) is 0.617. The number of rotatable bonds is 4. The van der Waals surface area contributed by atoms with E-state index >= 15 is 0 Å². The van der Waals surface area contributed by atoms with E-state index in [9.17, 15) is 4.39 Å². The number of hydrogen-bond acceptors (Lipinski definition) is 2. The number of aliphatic hydroxyl groups excluding tert-OH is 1. The van der Waals surface area contributed by atoms with Gasteiger partial charge in [-0.3, -0.25) is 0 Å². The largest absolute Gasteiger partial charge is 0.394 e. The molecule has 0 spiro atoms. The molecular weight excluding hydrogens is 123 g/mol. The zero-order chi connectivity index (χ0) is 7.28. The number of aliphatic hydroxyl groups is 1. The van der Waals surface area contributed by atoms with Crippen LogP contribution in [0, 0.1) is 0 Å². The molecule has 2 atom stereocenters. The van der Waals surface area contributed by atoms with E-state index in [1.807, 2.05) is 0 Å². The zero-order valence-corrected chi connectivity index (χ0v) is 5.80. The van der Waals surface area contributed by atoms with Gasteiger partial charge in [-0.1, -0.05) is 0 Å². The van der Waals surface area contributed by atoms with Crippen LogP contribution in [0.5, 0.6) is 0 Å². The predicted molar refractivity (Wildman–Crippen MR) is 33.1 cm³/mol. The molecule has 1 N–H and O–H groups in total. The molecule has 0 heterocycles. The van der Waals surface area contributed by atoms with Crippen molar-refractivity contribution >= 4 is 0 Å². The van der Waals surface area contributed by atoms with Gasteiger partial charge in [0.05, 0.1) is 18.9 Å². The third-order valence-corrected chi connectivity index (χ3v) is 1.12. The average Bonchev–Trinajstić information content (AvgIpc) is 1.82. The highest BCUT2D eigenvalue weighted by Gasteiger charge is 2.09. The average molecular weight is 136 g/mol. The van der Waals surface area contributed by atoms with Crippen LogP contribution in [-0.2, 0) is 4.74 Å². The van der Waals surface area contributed by atoms with E-state index < -0.39 is 6.17 Å². The van der Waals surface area contributed by atoms with Crippen molar-refractivity contribution in [3.8, 4) is 0 Å². The highest BCUT2D eigenvalue weighted by Crippen LogP contribution is 2.03. The summed E-state index contributed by atoms with van der Waals surface area (Å²) in [6.07, 6.45) is -0.973. The van der Waals surface area contributed by atoms with Crippen molar-refractivity contribution in [3.63, 3.8) is 0 Å². The number of ether oxygens (including phenoxy) is 1. The van der Waals surface area contributed by atoms with E-state index in [0.717, 1.165) is 0 Å². The Hall–Kier alpha value is -0.150. The van der Waals surface area contributed by atoms with Crippen LogP contribution in [0.15, 0.2) is 0 Å². The maximum Gasteiger partial charge on any atom is 0.0999 e. The van der Waals surface area contributed by atoms with Crippen molar-refractivity contribution in [1.82, 2.24) is 0 Å². The van der Waals surface area contributed by atoms with Gasteiger partial charge in [-0.25, -0.2) is 4.39 Å². The second-order valence-electron chi connectivity index (χ2n) is 2.06. The summed E-state index contributed by atoms with van der Waals surface area (Å²) in [5, 5.41) is 8.48. The van der Waals surface area contributed by atoms with Crippen molar-refractivity contribution in [2.24, 2.45) is 0 Å². The van der Waals surface area contributed by atoms with Crippen molar-refractivity contribution in [1.29, 1.82) is 0 Å². The van der Waals surface area contributed by atoms with Gasteiger partial charge in [0.1, 0.15) is 0 Å². The lowest BCUT2D eigenvalue weighted by atomic mass is 10.2. The van der Waals surface area contributed by atoms with E-state index in [2.05, 4.69) is 0 Å². The summed E-state index contributed by atoms with van der Waals surface area (Å²) in [5.41, 5.74) is 0. The van der Waals surface area contributed by atoms with Crippen molar-refractivity contribution in [3.05, 3.63) is 0 Å². The minimum absolute atomic E-state index is 0.106. The molecule has 0 radical (unpaired) electrons. The van der Waals surface area contributed by atoms with Gasteiger partial charge in [-0.05, 0) is 6.92 Å². The summed E-state index contributed by atoms with van der Waals surface area (Å²) in [6, 6.07) is 0. The van der Waals surface area contributed by atoms with Crippen LogP contribution in [-0.4, -0.2) is 31.1 Å². The fourth-order valence-electron chi connectivity index (χ4n) is 0.608. The first-order valence-electron chi connectivity index (χ1n) is 2.98. The SMILES string of the molecule is COC(CO)CC(C)F. The van der Waals surface area contributed by atoms with E-state index in [-0.39, 0.29) is 19.1 Å². The highest BCUT2D eigenvalue weighted by atomic mass is 19.1. The summed E-state index contributed by atoms with van der Waals surface area (Å²) in [6.45, 7) is 1.34. The van der Waals surface area contributed by atoms with Gasteiger partial charge in [-0.15, -0.1) is 0 Å². The molecular formula is C6H13FO2. The number of alkyl halides is 1. The highest BCUT2D eigenvalue weighted by molar-refractivity contribution is 4.58. The van der Waals surface area contributed by atoms with E-state index in [1.165, 1.54) is 14.0 Å². The second-order valence-corrected chi connectivity index (χ2v) is 2.06. The first-order chi connectivity index (χ1) is 4.20. The lowest BCUT2D eigenvalue weighted by Gasteiger charge is -2.11. The molecule has 0 aromatic carbocycles. The Bertz CT molecular complexity index is 62.1. The summed E-state index contributed by atoms with van der Waals surface area (Å²) < 4.78 is 16.9. The van der Waals surface area contributed by atoms with Crippen LogP contribution in [0.4, 0.5) is 4.39 Å². The Kier molecular flexibility index (Phi) is 4.62. The van der Waals surface area contributed by atoms with Crippen LogP contribution in [0.2, 0.25) is 0 Å². The molecule has 0 amide bonds. The van der Waals surface area contributed by atoms with Gasteiger partial charge in [0.25, 0.3) is 0 Å². The third-order valence-electron chi connectivity index (χ3n) is 1.12. The summed E-state index contributed by atoms with van der Waals surface area (Å²) in [4.78, 5) is 0. The predicted octanol–water partition coefficient (Wildman–Crippen LogP) is 0.742. The van der Waals surface area contributed by atoms with Gasteiger partial charge in [0, 0.05) is 13.5 Å². The summed E-state index contributed by atoms with van der Waals surface area (Å²) in [7, 11) is 1.46. The fraction of sp³-hybridized carbons (Fsp3) is 1.00. The van der Waals surface area contributed by atoms with E-state index in [1.54, 1.807) is 0 Å². The molecule has 0 saturated heterocycles. The van der Waals surface area contributed by atoms with E-state index in [4.69, 9.17) is 9.84 Å². The van der Waals surface area contributed by atoms with Gasteiger partial charge in [0.2, 0.25) is 0 Å². The van der Waals surface area contributed by atoms with Gasteiger partial charge < -0.3 is 9.84 Å². The van der Waals surface area contributed by atoms with Crippen molar-refractivity contribution in [2.75, 3.05) is 13.7 Å². The number of halogens is 1. The Labute approximate surface area is 54.6 Å². The van der Waals surface area contributed by atoms with Crippen molar-refractivity contribution in [2.45, 2.75) is 25.6 Å². The molecule has 0 aromatic heterocycles. The van der Waals surface area contributed by atoms with Crippen LogP contribution in [0.3, 0.4) is 0 Å². The Balaban J connectivity index is 3.31. The summed E-state index contributed by atoms with van der Waals surface area (Å²) in [5.74, 6) is 0. The van der Waals surface area contributed by atoms with Crippen molar-refractivity contribution < 1.29 is 14.2 Å². The topological polar surface area (TPSA) is 29.5 Å². The number of methoxy groups -OCH3 is 1. The lowest BCUT2D eigenvalue weighted by molar-refractivity contribution is 0.0288. The van der Waals surface area contributed by atoms with Crippen LogP contribution < -0.4 is 0 Å². The zero-order valence-electron chi connectivity index (χ0n) is 5.80. The third kappa shape index (κ3) is 4.36. The Morgan fingerprint density at radius 3 is 2.33 bits per heavy atom. The van der Waals surface area contributed by atoms with Gasteiger partial charge in [-0.2, -0.15) is 0 Å². The maximum atomic E-state index is 12.1. The molecule has 2 unspecified atom stereocenters. The molecule has 0 fully saturated rings. The molecule has 2 nitrogen and oxygen atoms in total. The van der Waals surface area contributed by atoms with Gasteiger partial charge in [0.15, 0.2) is 0 Å². The molecule has 0 aromatic rings. The minimum Gasteiger partial charge on any atom is -0.394 e. The molecule has 0 aliphatic heterocycles. The Morgan fingerprint density at radius 1 is 1.67 bits per heavy atom. The molecule has 9 heavy (non-hydrogen) atoms. The lowest BCUT2D eigenvalue weighted by Crippen LogP contribution is -2.19. The molecule has 0 saturated carbocycles. The fourth-order valence-corrected chi connectivity index (χ4v) is 0.608. The van der Waals surface area contributed by atoms with Crippen LogP contribution in [0.1, 0.15) is 13.3 Å².